The third kappa shape index (κ3) is 4.44. The van der Waals surface area contributed by atoms with Crippen molar-refractivity contribution in [1.29, 1.82) is 0 Å². The number of aromatic nitrogens is 2. The Morgan fingerprint density at radius 2 is 2.06 bits per heavy atom. The summed E-state index contributed by atoms with van der Waals surface area (Å²) in [6.07, 6.45) is 1.12. The Balaban J connectivity index is 2.52. The highest BCUT2D eigenvalue weighted by molar-refractivity contribution is 5.27. The fourth-order valence-corrected chi connectivity index (χ4v) is 1.51. The van der Waals surface area contributed by atoms with E-state index in [0.29, 0.717) is 19.1 Å². The van der Waals surface area contributed by atoms with Crippen molar-refractivity contribution >= 4 is 5.95 Å². The molecule has 0 aliphatic heterocycles. The van der Waals surface area contributed by atoms with Crippen molar-refractivity contribution < 1.29 is 9.13 Å². The van der Waals surface area contributed by atoms with Crippen LogP contribution in [0.4, 0.5) is 10.3 Å². The highest BCUT2D eigenvalue weighted by atomic mass is 19.1. The first-order chi connectivity index (χ1) is 8.71. The van der Waals surface area contributed by atoms with Crippen LogP contribution in [0.2, 0.25) is 0 Å². The molecule has 0 aliphatic carbocycles. The van der Waals surface area contributed by atoms with Crippen LogP contribution in [0.5, 0.6) is 5.88 Å². The zero-order valence-electron chi connectivity index (χ0n) is 11.2. The minimum absolute atomic E-state index is 0.00751. The lowest BCUT2D eigenvalue weighted by atomic mass is 10.5. The maximum absolute atomic E-state index is 13.4. The molecule has 0 saturated heterocycles. The van der Waals surface area contributed by atoms with Crippen LogP contribution in [0.3, 0.4) is 0 Å². The van der Waals surface area contributed by atoms with Crippen molar-refractivity contribution in [2.45, 2.75) is 20.8 Å². The number of likely N-dealkylation sites (N-methyl/N-ethyl adjacent to an activating group) is 1. The van der Waals surface area contributed by atoms with Gasteiger partial charge in [0.1, 0.15) is 6.61 Å². The fraction of sp³-hybridized carbons (Fsp3) is 0.667. The van der Waals surface area contributed by atoms with Gasteiger partial charge in [-0.3, -0.25) is 0 Å². The minimum atomic E-state index is -0.531. The van der Waals surface area contributed by atoms with E-state index >= 15 is 0 Å². The van der Waals surface area contributed by atoms with Gasteiger partial charge in [0.25, 0.3) is 5.88 Å². The highest BCUT2D eigenvalue weighted by Gasteiger charge is 2.08. The Bertz CT molecular complexity index is 358. The summed E-state index contributed by atoms with van der Waals surface area (Å²) < 4.78 is 18.8. The lowest BCUT2D eigenvalue weighted by Crippen LogP contribution is -2.28. The largest absolute Gasteiger partial charge is 0.474 e. The zero-order valence-corrected chi connectivity index (χ0v) is 11.2. The molecule has 0 atom stereocenters. The van der Waals surface area contributed by atoms with Crippen LogP contribution in [0.15, 0.2) is 6.20 Å². The molecule has 1 rings (SSSR count). The van der Waals surface area contributed by atoms with E-state index in [1.807, 2.05) is 6.92 Å². The van der Waals surface area contributed by atoms with E-state index in [1.165, 1.54) is 0 Å². The van der Waals surface area contributed by atoms with Gasteiger partial charge in [0.2, 0.25) is 11.8 Å². The first kappa shape index (κ1) is 14.6. The number of rotatable bonds is 8. The number of nitrogens with zero attached hydrogens (tertiary/aromatic N) is 3. The van der Waals surface area contributed by atoms with E-state index in [9.17, 15) is 4.39 Å². The molecule has 0 saturated carbocycles. The van der Waals surface area contributed by atoms with Gasteiger partial charge in [-0.2, -0.15) is 9.37 Å². The first-order valence-electron chi connectivity index (χ1n) is 6.32. The standard InChI is InChI=1S/C12H21FN4O/c1-4-14-12-15-9-10(13)11(16-12)18-8-7-17(5-2)6-3/h9H,4-8H2,1-3H3,(H,14,15,16). The van der Waals surface area contributed by atoms with E-state index in [0.717, 1.165) is 25.8 Å². The van der Waals surface area contributed by atoms with Gasteiger partial charge in [0.05, 0.1) is 6.20 Å². The SMILES string of the molecule is CCNc1ncc(F)c(OCCN(CC)CC)n1. The molecule has 102 valence electrons. The average molecular weight is 256 g/mol. The number of anilines is 1. The molecule has 0 fully saturated rings. The Kier molecular flexibility index (Phi) is 6.35. The van der Waals surface area contributed by atoms with Crippen molar-refractivity contribution in [1.82, 2.24) is 14.9 Å². The molecule has 0 radical (unpaired) electrons. The van der Waals surface area contributed by atoms with Crippen LogP contribution in [0.25, 0.3) is 0 Å². The summed E-state index contributed by atoms with van der Waals surface area (Å²) in [4.78, 5) is 9.99. The predicted molar refractivity (Wildman–Crippen MR) is 69.4 cm³/mol. The summed E-state index contributed by atoms with van der Waals surface area (Å²) in [7, 11) is 0. The number of ether oxygens (including phenoxy) is 1. The first-order valence-corrected chi connectivity index (χ1v) is 6.32. The summed E-state index contributed by atoms with van der Waals surface area (Å²) in [6, 6.07) is 0. The predicted octanol–water partition coefficient (Wildman–Crippen LogP) is 1.77. The van der Waals surface area contributed by atoms with Gasteiger partial charge in [-0.25, -0.2) is 4.98 Å². The Hall–Kier alpha value is -1.43. The normalized spacial score (nSPS) is 10.7. The van der Waals surface area contributed by atoms with Gasteiger partial charge in [0.15, 0.2) is 0 Å². The van der Waals surface area contributed by atoms with E-state index < -0.39 is 5.82 Å². The van der Waals surface area contributed by atoms with Gasteiger partial charge < -0.3 is 15.0 Å². The highest BCUT2D eigenvalue weighted by Crippen LogP contribution is 2.14. The van der Waals surface area contributed by atoms with Crippen LogP contribution in [0, 0.1) is 5.82 Å². The van der Waals surface area contributed by atoms with Gasteiger partial charge in [-0.05, 0) is 20.0 Å². The molecule has 6 heteroatoms. The van der Waals surface area contributed by atoms with Gasteiger partial charge in [-0.15, -0.1) is 0 Å². The van der Waals surface area contributed by atoms with Crippen molar-refractivity contribution in [2.75, 3.05) is 38.1 Å². The topological polar surface area (TPSA) is 50.3 Å². The average Bonchev–Trinajstić information content (AvgIpc) is 2.38. The summed E-state index contributed by atoms with van der Waals surface area (Å²) in [6.45, 7) is 9.85. The molecule has 1 heterocycles. The molecular weight excluding hydrogens is 235 g/mol. The Morgan fingerprint density at radius 1 is 1.33 bits per heavy atom. The molecule has 0 unspecified atom stereocenters. The minimum Gasteiger partial charge on any atom is -0.474 e. The number of hydrogen-bond acceptors (Lipinski definition) is 5. The molecular formula is C12H21FN4O. The van der Waals surface area contributed by atoms with Crippen molar-refractivity contribution in [3.8, 4) is 5.88 Å². The Morgan fingerprint density at radius 3 is 2.67 bits per heavy atom. The van der Waals surface area contributed by atoms with Crippen molar-refractivity contribution in [2.24, 2.45) is 0 Å². The third-order valence-corrected chi connectivity index (χ3v) is 2.59. The van der Waals surface area contributed by atoms with Crippen LogP contribution in [-0.4, -0.2) is 47.7 Å². The summed E-state index contributed by atoms with van der Waals surface area (Å²) in [5, 5.41) is 2.92. The lowest BCUT2D eigenvalue weighted by molar-refractivity contribution is 0.211. The third-order valence-electron chi connectivity index (χ3n) is 2.59. The quantitative estimate of drug-likeness (QED) is 0.768. The van der Waals surface area contributed by atoms with Crippen LogP contribution >= 0.6 is 0 Å². The fourth-order valence-electron chi connectivity index (χ4n) is 1.51. The molecule has 5 nitrogen and oxygen atoms in total. The summed E-state index contributed by atoms with van der Waals surface area (Å²) in [5.41, 5.74) is 0. The number of hydrogen-bond donors (Lipinski definition) is 1. The second-order valence-corrected chi connectivity index (χ2v) is 3.75. The molecule has 18 heavy (non-hydrogen) atoms. The molecule has 1 aromatic rings. The summed E-state index contributed by atoms with van der Waals surface area (Å²) >= 11 is 0. The summed E-state index contributed by atoms with van der Waals surface area (Å²) in [5.74, 6) is -0.138. The van der Waals surface area contributed by atoms with Crippen LogP contribution in [0.1, 0.15) is 20.8 Å². The number of nitrogens with one attached hydrogen (secondary N) is 1. The smallest absolute Gasteiger partial charge is 0.255 e. The molecule has 0 aliphatic rings. The Labute approximate surface area is 107 Å². The molecule has 0 aromatic carbocycles. The van der Waals surface area contributed by atoms with Crippen LogP contribution < -0.4 is 10.1 Å². The lowest BCUT2D eigenvalue weighted by Gasteiger charge is -2.17. The van der Waals surface area contributed by atoms with E-state index in [1.54, 1.807) is 0 Å². The van der Waals surface area contributed by atoms with Gasteiger partial charge in [0, 0.05) is 13.1 Å². The second kappa shape index (κ2) is 7.81. The molecule has 0 amide bonds. The molecule has 0 spiro atoms. The van der Waals surface area contributed by atoms with Crippen LogP contribution in [-0.2, 0) is 0 Å². The van der Waals surface area contributed by atoms with Crippen molar-refractivity contribution in [3.63, 3.8) is 0 Å². The molecule has 0 bridgehead atoms. The van der Waals surface area contributed by atoms with E-state index in [2.05, 4.69) is 34.0 Å². The van der Waals surface area contributed by atoms with E-state index in [-0.39, 0.29) is 5.88 Å². The van der Waals surface area contributed by atoms with Crippen molar-refractivity contribution in [3.05, 3.63) is 12.0 Å². The maximum Gasteiger partial charge on any atom is 0.255 e. The zero-order chi connectivity index (χ0) is 13.4. The van der Waals surface area contributed by atoms with Gasteiger partial charge >= 0.3 is 0 Å². The molecule has 1 N–H and O–H groups in total. The van der Waals surface area contributed by atoms with E-state index in [4.69, 9.17) is 4.74 Å². The number of halogens is 1. The maximum atomic E-state index is 13.4. The second-order valence-electron chi connectivity index (χ2n) is 3.75. The molecule has 1 aromatic heterocycles. The van der Waals surface area contributed by atoms with Gasteiger partial charge in [-0.1, -0.05) is 13.8 Å². The monoisotopic (exact) mass is 256 g/mol.